The van der Waals surface area contributed by atoms with E-state index in [4.69, 9.17) is 0 Å². The molecular weight excluding hydrogens is 238 g/mol. The molecule has 0 fully saturated rings. The van der Waals surface area contributed by atoms with Gasteiger partial charge < -0.3 is 15.6 Å². The lowest BCUT2D eigenvalue weighted by atomic mass is 10.2. The lowest BCUT2D eigenvalue weighted by molar-refractivity contribution is 0.254. The topological polar surface area (TPSA) is 56.9 Å². The molecule has 1 aromatic carbocycles. The fraction of sp³-hybridized carbons (Fsp3) is 0.133. The number of H-pyrrole nitrogens is 1. The Morgan fingerprint density at radius 2 is 2.26 bits per heavy atom. The summed E-state index contributed by atoms with van der Waals surface area (Å²) in [5.41, 5.74) is 2.61. The maximum absolute atomic E-state index is 11.9. The number of amides is 2. The lowest BCUT2D eigenvalue weighted by Gasteiger charge is -2.10. The smallest absolute Gasteiger partial charge is 0.323 e. The van der Waals surface area contributed by atoms with Crippen molar-refractivity contribution in [2.45, 2.75) is 13.3 Å². The van der Waals surface area contributed by atoms with Gasteiger partial charge in [0, 0.05) is 22.8 Å². The predicted molar refractivity (Wildman–Crippen MR) is 79.0 cm³/mol. The molecule has 98 valence electrons. The maximum atomic E-state index is 11.9. The highest BCUT2D eigenvalue weighted by molar-refractivity contribution is 6.01. The van der Waals surface area contributed by atoms with Crippen molar-refractivity contribution in [2.75, 3.05) is 5.32 Å². The molecule has 0 radical (unpaired) electrons. The van der Waals surface area contributed by atoms with Crippen molar-refractivity contribution >= 4 is 22.6 Å². The van der Waals surface area contributed by atoms with Crippen LogP contribution in [0, 0.1) is 0 Å². The summed E-state index contributed by atoms with van der Waals surface area (Å²) in [4.78, 5) is 15.0. The number of urea groups is 1. The Labute approximate surface area is 112 Å². The van der Waals surface area contributed by atoms with Crippen LogP contribution < -0.4 is 10.6 Å². The second-order valence-electron chi connectivity index (χ2n) is 4.10. The highest BCUT2D eigenvalue weighted by Gasteiger charge is 2.06. The fourth-order valence-electron chi connectivity index (χ4n) is 1.88. The molecule has 0 bridgehead atoms. The van der Waals surface area contributed by atoms with Gasteiger partial charge in [0.05, 0.1) is 5.69 Å². The first-order valence-electron chi connectivity index (χ1n) is 6.20. The summed E-state index contributed by atoms with van der Waals surface area (Å²) in [5.74, 6) is 0. The highest BCUT2D eigenvalue weighted by atomic mass is 16.2. The van der Waals surface area contributed by atoms with Crippen LogP contribution in [0.3, 0.4) is 0 Å². The molecular formula is C15H17N3O. The Morgan fingerprint density at radius 1 is 1.42 bits per heavy atom. The number of aromatic nitrogens is 1. The average Bonchev–Trinajstić information content (AvgIpc) is 2.87. The summed E-state index contributed by atoms with van der Waals surface area (Å²) in [6.45, 7) is 5.60. The Balaban J connectivity index is 2.13. The van der Waals surface area contributed by atoms with Crippen molar-refractivity contribution < 1.29 is 4.79 Å². The molecule has 0 saturated heterocycles. The summed E-state index contributed by atoms with van der Waals surface area (Å²) >= 11 is 0. The van der Waals surface area contributed by atoms with Gasteiger partial charge in [0.2, 0.25) is 0 Å². The normalized spacial score (nSPS) is 11.3. The van der Waals surface area contributed by atoms with Crippen LogP contribution in [0.4, 0.5) is 10.5 Å². The van der Waals surface area contributed by atoms with Crippen LogP contribution in [0.5, 0.6) is 0 Å². The van der Waals surface area contributed by atoms with Crippen molar-refractivity contribution in [2.24, 2.45) is 0 Å². The summed E-state index contributed by atoms with van der Waals surface area (Å²) in [5, 5.41) is 6.64. The molecule has 0 unspecified atom stereocenters. The summed E-state index contributed by atoms with van der Waals surface area (Å²) in [6.07, 6.45) is 6.04. The molecule has 0 atom stereocenters. The van der Waals surface area contributed by atoms with Gasteiger partial charge in [0.25, 0.3) is 0 Å². The van der Waals surface area contributed by atoms with Crippen molar-refractivity contribution in [3.63, 3.8) is 0 Å². The van der Waals surface area contributed by atoms with E-state index in [1.54, 1.807) is 12.2 Å². The van der Waals surface area contributed by atoms with Crippen LogP contribution in [0.2, 0.25) is 0 Å². The molecule has 1 aromatic heterocycles. The molecule has 4 heteroatoms. The molecule has 0 aliphatic rings. The lowest BCUT2D eigenvalue weighted by Crippen LogP contribution is -2.27. The number of nitrogens with one attached hydrogen (secondary N) is 3. The van der Waals surface area contributed by atoms with Crippen LogP contribution >= 0.6 is 0 Å². The molecule has 2 amide bonds. The third kappa shape index (κ3) is 3.04. The first kappa shape index (κ1) is 13.0. The number of carbonyl (C=O) groups excluding carboxylic acids is 1. The van der Waals surface area contributed by atoms with E-state index in [1.165, 1.54) is 0 Å². The van der Waals surface area contributed by atoms with Gasteiger partial charge in [0.1, 0.15) is 0 Å². The van der Waals surface area contributed by atoms with E-state index in [1.807, 2.05) is 37.4 Å². The third-order valence-corrected chi connectivity index (χ3v) is 2.82. The Morgan fingerprint density at radius 3 is 3.00 bits per heavy atom. The average molecular weight is 255 g/mol. The first-order valence-corrected chi connectivity index (χ1v) is 6.20. The minimum absolute atomic E-state index is 0.247. The van der Waals surface area contributed by atoms with Gasteiger partial charge >= 0.3 is 6.03 Å². The van der Waals surface area contributed by atoms with Crippen LogP contribution in [-0.4, -0.2) is 11.0 Å². The Kier molecular flexibility index (Phi) is 4.03. The van der Waals surface area contributed by atoms with E-state index in [0.29, 0.717) is 0 Å². The second kappa shape index (κ2) is 5.91. The zero-order valence-corrected chi connectivity index (χ0v) is 10.9. The third-order valence-electron chi connectivity index (χ3n) is 2.82. The van der Waals surface area contributed by atoms with Gasteiger partial charge in [-0.25, -0.2) is 4.79 Å². The van der Waals surface area contributed by atoms with Crippen LogP contribution in [0.25, 0.3) is 10.9 Å². The van der Waals surface area contributed by atoms with E-state index in [0.717, 1.165) is 28.7 Å². The number of benzene rings is 1. The number of aromatic amines is 1. The Bertz CT molecular complexity index is 625. The molecule has 0 aliphatic carbocycles. The number of hydrogen-bond acceptors (Lipinski definition) is 1. The van der Waals surface area contributed by atoms with E-state index >= 15 is 0 Å². The van der Waals surface area contributed by atoms with Crippen molar-refractivity contribution in [3.8, 4) is 0 Å². The first-order chi connectivity index (χ1) is 9.24. The van der Waals surface area contributed by atoms with Crippen molar-refractivity contribution in [1.82, 2.24) is 10.3 Å². The van der Waals surface area contributed by atoms with E-state index in [2.05, 4.69) is 22.2 Å². The van der Waals surface area contributed by atoms with Crippen molar-refractivity contribution in [3.05, 3.63) is 54.9 Å². The maximum Gasteiger partial charge on any atom is 0.323 e. The van der Waals surface area contributed by atoms with Crippen LogP contribution in [0.15, 0.2) is 54.9 Å². The molecule has 4 nitrogen and oxygen atoms in total. The summed E-state index contributed by atoms with van der Waals surface area (Å²) in [6, 6.07) is 7.43. The molecule has 2 aromatic rings. The summed E-state index contributed by atoms with van der Waals surface area (Å²) in [7, 11) is 0. The van der Waals surface area contributed by atoms with Gasteiger partial charge in [0.15, 0.2) is 0 Å². The predicted octanol–water partition coefficient (Wildman–Crippen LogP) is 3.77. The number of carbonyl (C=O) groups is 1. The number of rotatable bonds is 4. The van der Waals surface area contributed by atoms with E-state index < -0.39 is 0 Å². The number of allylic oxidation sites excluding steroid dienone is 3. The van der Waals surface area contributed by atoms with Gasteiger partial charge in [-0.2, -0.15) is 0 Å². The van der Waals surface area contributed by atoms with Gasteiger partial charge in [-0.15, -0.1) is 0 Å². The van der Waals surface area contributed by atoms with E-state index in [9.17, 15) is 4.79 Å². The zero-order valence-electron chi connectivity index (χ0n) is 10.9. The van der Waals surface area contributed by atoms with Gasteiger partial charge in [-0.3, -0.25) is 0 Å². The minimum Gasteiger partial charge on any atom is -0.361 e. The molecule has 0 aliphatic heterocycles. The molecule has 19 heavy (non-hydrogen) atoms. The molecule has 3 N–H and O–H groups in total. The number of hydrogen-bond donors (Lipinski definition) is 3. The zero-order chi connectivity index (χ0) is 13.7. The molecule has 1 heterocycles. The summed E-state index contributed by atoms with van der Waals surface area (Å²) < 4.78 is 0. The number of fused-ring (bicyclic) bond motifs is 1. The second-order valence-corrected chi connectivity index (χ2v) is 4.10. The van der Waals surface area contributed by atoms with E-state index in [-0.39, 0.29) is 6.03 Å². The monoisotopic (exact) mass is 255 g/mol. The number of anilines is 1. The minimum atomic E-state index is -0.247. The van der Waals surface area contributed by atoms with Gasteiger partial charge in [-0.1, -0.05) is 25.6 Å². The standard InChI is InChI=1S/C15H17N3O/c1-3-6-11(4-2)17-15(19)18-14-8-5-7-13-12(14)9-10-16-13/h3,5-10,16H,1,4H2,2H3,(H2,17,18,19)/b11-6+. The van der Waals surface area contributed by atoms with Crippen LogP contribution in [0.1, 0.15) is 13.3 Å². The van der Waals surface area contributed by atoms with Crippen molar-refractivity contribution in [1.29, 1.82) is 0 Å². The van der Waals surface area contributed by atoms with Crippen LogP contribution in [-0.2, 0) is 0 Å². The van der Waals surface area contributed by atoms with Gasteiger partial charge in [-0.05, 0) is 30.7 Å². The largest absolute Gasteiger partial charge is 0.361 e. The molecule has 0 saturated carbocycles. The fourth-order valence-corrected chi connectivity index (χ4v) is 1.88. The SMILES string of the molecule is C=C/C=C(\CC)NC(=O)Nc1cccc2[nH]ccc12. The quantitative estimate of drug-likeness (QED) is 0.716. The molecule has 0 spiro atoms. The highest BCUT2D eigenvalue weighted by Crippen LogP contribution is 2.21. The Hall–Kier alpha value is -2.49. The molecule has 2 rings (SSSR count).